The van der Waals surface area contributed by atoms with Crippen molar-refractivity contribution < 1.29 is 4.79 Å². The van der Waals surface area contributed by atoms with E-state index in [0.29, 0.717) is 5.91 Å². The van der Waals surface area contributed by atoms with E-state index in [4.69, 9.17) is 12.2 Å². The summed E-state index contributed by atoms with van der Waals surface area (Å²) in [6.07, 6.45) is 8.60. The molecule has 0 spiro atoms. The van der Waals surface area contributed by atoms with E-state index in [-0.39, 0.29) is 0 Å². The van der Waals surface area contributed by atoms with Gasteiger partial charge in [-0.05, 0) is 24.6 Å². The molecule has 0 radical (unpaired) electrons. The highest BCUT2D eigenvalue weighted by atomic mass is 32.1. The molecule has 2 rings (SSSR count). The monoisotopic (exact) mass is 297 g/mol. The standard InChI is InChI=1S/C15H27N3OS/c1-16-15(20)18-11-9-17(10-12-18)14(19)8-7-13-5-3-2-4-6-13/h13H,2-12H2,1H3,(H,16,20). The van der Waals surface area contributed by atoms with Crippen LogP contribution in [-0.4, -0.2) is 54.0 Å². The average molecular weight is 297 g/mol. The molecule has 0 aromatic heterocycles. The number of piperazine rings is 1. The summed E-state index contributed by atoms with van der Waals surface area (Å²) in [5.41, 5.74) is 0. The van der Waals surface area contributed by atoms with Crippen molar-refractivity contribution in [3.05, 3.63) is 0 Å². The lowest BCUT2D eigenvalue weighted by molar-refractivity contribution is -0.132. The molecule has 0 aromatic rings. The van der Waals surface area contributed by atoms with E-state index in [1.165, 1.54) is 32.1 Å². The van der Waals surface area contributed by atoms with E-state index >= 15 is 0 Å². The van der Waals surface area contributed by atoms with Crippen molar-refractivity contribution in [3.63, 3.8) is 0 Å². The number of rotatable bonds is 3. The molecule has 0 unspecified atom stereocenters. The summed E-state index contributed by atoms with van der Waals surface area (Å²) in [4.78, 5) is 16.4. The summed E-state index contributed by atoms with van der Waals surface area (Å²) < 4.78 is 0. The topological polar surface area (TPSA) is 35.6 Å². The number of carbonyl (C=O) groups excluding carboxylic acids is 1. The van der Waals surface area contributed by atoms with Gasteiger partial charge in [0, 0.05) is 39.6 Å². The smallest absolute Gasteiger partial charge is 0.222 e. The van der Waals surface area contributed by atoms with Gasteiger partial charge < -0.3 is 15.1 Å². The van der Waals surface area contributed by atoms with Gasteiger partial charge in [-0.1, -0.05) is 32.1 Å². The first-order valence-electron chi connectivity index (χ1n) is 7.95. The van der Waals surface area contributed by atoms with Crippen LogP contribution < -0.4 is 5.32 Å². The highest BCUT2D eigenvalue weighted by molar-refractivity contribution is 7.80. The predicted molar refractivity (Wildman–Crippen MR) is 85.6 cm³/mol. The van der Waals surface area contributed by atoms with Gasteiger partial charge in [-0.2, -0.15) is 0 Å². The van der Waals surface area contributed by atoms with Crippen LogP contribution in [0.2, 0.25) is 0 Å². The third-order valence-electron chi connectivity index (χ3n) is 4.62. The number of hydrogen-bond donors (Lipinski definition) is 1. The van der Waals surface area contributed by atoms with E-state index in [1.807, 2.05) is 11.9 Å². The van der Waals surface area contributed by atoms with Crippen molar-refractivity contribution in [2.45, 2.75) is 44.9 Å². The molecule has 1 heterocycles. The summed E-state index contributed by atoms with van der Waals surface area (Å²) in [6.45, 7) is 3.33. The maximum absolute atomic E-state index is 12.2. The van der Waals surface area contributed by atoms with Gasteiger partial charge in [-0.3, -0.25) is 4.79 Å². The Balaban J connectivity index is 1.67. The minimum Gasteiger partial charge on any atom is -0.366 e. The van der Waals surface area contributed by atoms with Crippen LogP contribution in [-0.2, 0) is 4.79 Å². The Morgan fingerprint density at radius 2 is 1.70 bits per heavy atom. The van der Waals surface area contributed by atoms with Crippen LogP contribution in [0.25, 0.3) is 0 Å². The Hall–Kier alpha value is -0.840. The first-order valence-corrected chi connectivity index (χ1v) is 8.36. The summed E-state index contributed by atoms with van der Waals surface area (Å²) in [6, 6.07) is 0. The Morgan fingerprint density at radius 3 is 2.30 bits per heavy atom. The molecule has 1 aliphatic carbocycles. The molecule has 0 bridgehead atoms. The minimum absolute atomic E-state index is 0.339. The summed E-state index contributed by atoms with van der Waals surface area (Å²) in [7, 11) is 1.85. The lowest BCUT2D eigenvalue weighted by Crippen LogP contribution is -2.52. The number of amides is 1. The van der Waals surface area contributed by atoms with Crippen LogP contribution in [0.3, 0.4) is 0 Å². The molecular formula is C15H27N3OS. The van der Waals surface area contributed by atoms with Crippen LogP contribution >= 0.6 is 12.2 Å². The number of carbonyl (C=O) groups is 1. The third kappa shape index (κ3) is 4.33. The molecule has 1 aliphatic heterocycles. The molecular weight excluding hydrogens is 270 g/mol. The molecule has 2 aliphatic rings. The molecule has 2 fully saturated rings. The molecule has 1 saturated carbocycles. The van der Waals surface area contributed by atoms with Gasteiger partial charge >= 0.3 is 0 Å². The third-order valence-corrected chi connectivity index (χ3v) is 5.09. The molecule has 1 N–H and O–H groups in total. The van der Waals surface area contributed by atoms with Crippen LogP contribution in [0.4, 0.5) is 0 Å². The van der Waals surface area contributed by atoms with Gasteiger partial charge in [0.25, 0.3) is 0 Å². The van der Waals surface area contributed by atoms with Gasteiger partial charge in [-0.25, -0.2) is 0 Å². The van der Waals surface area contributed by atoms with Crippen LogP contribution in [0, 0.1) is 5.92 Å². The van der Waals surface area contributed by atoms with E-state index in [1.54, 1.807) is 0 Å². The highest BCUT2D eigenvalue weighted by Gasteiger charge is 2.23. The Morgan fingerprint density at radius 1 is 1.10 bits per heavy atom. The number of thiocarbonyl (C=S) groups is 1. The second-order valence-electron chi connectivity index (χ2n) is 5.97. The van der Waals surface area contributed by atoms with Gasteiger partial charge in [0.05, 0.1) is 0 Å². The van der Waals surface area contributed by atoms with Crippen molar-refractivity contribution in [1.82, 2.24) is 15.1 Å². The number of nitrogens with zero attached hydrogens (tertiary/aromatic N) is 2. The maximum atomic E-state index is 12.2. The largest absolute Gasteiger partial charge is 0.366 e. The molecule has 1 saturated heterocycles. The van der Waals surface area contributed by atoms with Crippen LogP contribution in [0.15, 0.2) is 0 Å². The quantitative estimate of drug-likeness (QED) is 0.808. The normalized spacial score (nSPS) is 20.9. The second kappa shape index (κ2) is 7.81. The van der Waals surface area contributed by atoms with Crippen molar-refractivity contribution >= 4 is 23.2 Å². The Labute approximate surface area is 127 Å². The van der Waals surface area contributed by atoms with Crippen molar-refractivity contribution in [3.8, 4) is 0 Å². The van der Waals surface area contributed by atoms with E-state index in [0.717, 1.165) is 50.1 Å². The van der Waals surface area contributed by atoms with E-state index in [2.05, 4.69) is 10.2 Å². The lowest BCUT2D eigenvalue weighted by atomic mass is 9.86. The molecule has 20 heavy (non-hydrogen) atoms. The minimum atomic E-state index is 0.339. The summed E-state index contributed by atoms with van der Waals surface area (Å²) >= 11 is 5.23. The zero-order valence-corrected chi connectivity index (χ0v) is 13.4. The van der Waals surface area contributed by atoms with E-state index in [9.17, 15) is 4.79 Å². The average Bonchev–Trinajstić information content (AvgIpc) is 2.53. The zero-order valence-electron chi connectivity index (χ0n) is 12.6. The predicted octanol–water partition coefficient (Wildman–Crippen LogP) is 2.00. The zero-order chi connectivity index (χ0) is 14.4. The Bertz CT molecular complexity index is 334. The van der Waals surface area contributed by atoms with Crippen molar-refractivity contribution in [1.29, 1.82) is 0 Å². The molecule has 4 nitrogen and oxygen atoms in total. The first kappa shape index (κ1) is 15.5. The SMILES string of the molecule is CNC(=S)N1CCN(C(=O)CCC2CCCCC2)CC1. The fraction of sp³-hybridized carbons (Fsp3) is 0.867. The van der Waals surface area contributed by atoms with Crippen LogP contribution in [0.5, 0.6) is 0 Å². The summed E-state index contributed by atoms with van der Waals surface area (Å²) in [5, 5.41) is 3.79. The van der Waals surface area contributed by atoms with Gasteiger partial charge in [0.15, 0.2) is 5.11 Å². The number of hydrogen-bond acceptors (Lipinski definition) is 2. The van der Waals surface area contributed by atoms with Crippen molar-refractivity contribution in [2.75, 3.05) is 33.2 Å². The molecule has 114 valence electrons. The lowest BCUT2D eigenvalue weighted by Gasteiger charge is -2.36. The molecule has 0 atom stereocenters. The second-order valence-corrected chi connectivity index (χ2v) is 6.35. The Kier molecular flexibility index (Phi) is 6.07. The molecule has 1 amide bonds. The molecule has 0 aromatic carbocycles. The fourth-order valence-corrected chi connectivity index (χ4v) is 3.46. The highest BCUT2D eigenvalue weighted by Crippen LogP contribution is 2.27. The van der Waals surface area contributed by atoms with E-state index < -0.39 is 0 Å². The van der Waals surface area contributed by atoms with Gasteiger partial charge in [0.1, 0.15) is 0 Å². The van der Waals surface area contributed by atoms with Gasteiger partial charge in [0.2, 0.25) is 5.91 Å². The fourth-order valence-electron chi connectivity index (χ4n) is 3.28. The van der Waals surface area contributed by atoms with Crippen LogP contribution in [0.1, 0.15) is 44.9 Å². The first-order chi connectivity index (χ1) is 9.70. The molecule has 5 heteroatoms. The maximum Gasteiger partial charge on any atom is 0.222 e. The van der Waals surface area contributed by atoms with Gasteiger partial charge in [-0.15, -0.1) is 0 Å². The van der Waals surface area contributed by atoms with Crippen molar-refractivity contribution in [2.24, 2.45) is 5.92 Å². The summed E-state index contributed by atoms with van der Waals surface area (Å²) in [5.74, 6) is 1.14. The number of nitrogens with one attached hydrogen (secondary N) is 1.